The highest BCUT2D eigenvalue weighted by atomic mass is 16.2. The number of aromatic nitrogens is 1. The Morgan fingerprint density at radius 2 is 1.89 bits per heavy atom. The van der Waals surface area contributed by atoms with Gasteiger partial charge in [-0.2, -0.15) is 0 Å². The number of hydrogen-bond donors (Lipinski definition) is 2. The van der Waals surface area contributed by atoms with Gasteiger partial charge < -0.3 is 5.32 Å². The van der Waals surface area contributed by atoms with Gasteiger partial charge in [-0.05, 0) is 23.6 Å². The summed E-state index contributed by atoms with van der Waals surface area (Å²) in [5.41, 5.74) is 0.935. The molecule has 0 aliphatic rings. The Morgan fingerprint density at radius 1 is 1.16 bits per heavy atom. The van der Waals surface area contributed by atoms with Crippen LogP contribution >= 0.6 is 0 Å². The van der Waals surface area contributed by atoms with Crippen LogP contribution in [-0.2, 0) is 0 Å². The lowest BCUT2D eigenvalue weighted by Crippen LogP contribution is -2.35. The van der Waals surface area contributed by atoms with Gasteiger partial charge in [0, 0.05) is 11.9 Å². The van der Waals surface area contributed by atoms with E-state index in [4.69, 9.17) is 0 Å². The van der Waals surface area contributed by atoms with Crippen molar-refractivity contribution in [2.24, 2.45) is 5.41 Å². The minimum Gasteiger partial charge on any atom is -0.337 e. The lowest BCUT2D eigenvalue weighted by molar-refractivity contribution is 0.247. The van der Waals surface area contributed by atoms with E-state index in [9.17, 15) is 4.79 Å². The molecule has 0 unspecified atom stereocenters. The molecule has 0 aliphatic carbocycles. The van der Waals surface area contributed by atoms with Crippen molar-refractivity contribution in [3.63, 3.8) is 0 Å². The van der Waals surface area contributed by atoms with Gasteiger partial charge in [0.15, 0.2) is 0 Å². The summed E-state index contributed by atoms with van der Waals surface area (Å²) in [7, 11) is 0. The van der Waals surface area contributed by atoms with E-state index in [0.717, 1.165) is 10.9 Å². The van der Waals surface area contributed by atoms with Gasteiger partial charge in [-0.15, -0.1) is 0 Å². The molecule has 0 bridgehead atoms. The number of nitrogens with zero attached hydrogens (tertiary/aromatic N) is 1. The van der Waals surface area contributed by atoms with Crippen LogP contribution in [0.4, 0.5) is 10.6 Å². The highest BCUT2D eigenvalue weighted by Crippen LogP contribution is 2.14. The number of benzene rings is 1. The first kappa shape index (κ1) is 13.3. The van der Waals surface area contributed by atoms with Crippen molar-refractivity contribution in [1.82, 2.24) is 10.3 Å². The summed E-state index contributed by atoms with van der Waals surface area (Å²) in [5.74, 6) is 0.560. The molecule has 0 aliphatic heterocycles. The molecule has 2 amide bonds. The quantitative estimate of drug-likeness (QED) is 0.866. The van der Waals surface area contributed by atoms with E-state index in [1.807, 2.05) is 30.3 Å². The Labute approximate surface area is 113 Å². The molecule has 2 rings (SSSR count). The number of hydrogen-bond acceptors (Lipinski definition) is 2. The molecule has 2 aromatic rings. The molecule has 1 heterocycles. The molecule has 2 N–H and O–H groups in total. The summed E-state index contributed by atoms with van der Waals surface area (Å²) in [6.07, 6.45) is 0. The number of nitrogens with one attached hydrogen (secondary N) is 2. The Kier molecular flexibility index (Phi) is 3.69. The number of anilines is 1. The van der Waals surface area contributed by atoms with Crippen LogP contribution in [0.3, 0.4) is 0 Å². The van der Waals surface area contributed by atoms with Crippen LogP contribution in [0, 0.1) is 5.41 Å². The second kappa shape index (κ2) is 5.26. The summed E-state index contributed by atoms with van der Waals surface area (Å²) < 4.78 is 0. The van der Waals surface area contributed by atoms with Crippen molar-refractivity contribution >= 4 is 22.8 Å². The van der Waals surface area contributed by atoms with E-state index in [0.29, 0.717) is 12.4 Å². The zero-order chi connectivity index (χ0) is 13.9. The smallest absolute Gasteiger partial charge is 0.320 e. The molecular formula is C15H19N3O. The molecule has 0 saturated carbocycles. The van der Waals surface area contributed by atoms with E-state index >= 15 is 0 Å². The standard InChI is InChI=1S/C15H19N3O/c1-15(2,3)10-16-14(19)18-13-9-8-11-6-4-5-7-12(11)17-13/h4-9H,10H2,1-3H3,(H2,16,17,18,19). The van der Waals surface area contributed by atoms with Crippen LogP contribution < -0.4 is 10.6 Å². The molecule has 0 saturated heterocycles. The normalized spacial score (nSPS) is 11.3. The van der Waals surface area contributed by atoms with Crippen LogP contribution in [0.15, 0.2) is 36.4 Å². The second-order valence-electron chi connectivity index (χ2n) is 5.76. The Bertz CT molecular complexity index is 587. The van der Waals surface area contributed by atoms with Crippen molar-refractivity contribution < 1.29 is 4.79 Å². The number of para-hydroxylation sites is 1. The number of rotatable bonds is 2. The second-order valence-corrected chi connectivity index (χ2v) is 5.76. The molecule has 0 fully saturated rings. The number of pyridine rings is 1. The van der Waals surface area contributed by atoms with Crippen LogP contribution in [0.25, 0.3) is 10.9 Å². The van der Waals surface area contributed by atoms with Gasteiger partial charge >= 0.3 is 6.03 Å². The highest BCUT2D eigenvalue weighted by molar-refractivity contribution is 5.90. The summed E-state index contributed by atoms with van der Waals surface area (Å²) in [6, 6.07) is 11.3. The fourth-order valence-electron chi connectivity index (χ4n) is 1.64. The average Bonchev–Trinajstić information content (AvgIpc) is 2.35. The van der Waals surface area contributed by atoms with Crippen molar-refractivity contribution in [2.75, 3.05) is 11.9 Å². The van der Waals surface area contributed by atoms with Gasteiger partial charge in [0.2, 0.25) is 0 Å². The van der Waals surface area contributed by atoms with Crippen LogP contribution in [0.2, 0.25) is 0 Å². The topological polar surface area (TPSA) is 54.0 Å². The maximum absolute atomic E-state index is 11.7. The molecule has 4 heteroatoms. The average molecular weight is 257 g/mol. The maximum Gasteiger partial charge on any atom is 0.320 e. The van der Waals surface area contributed by atoms with Gasteiger partial charge in [-0.1, -0.05) is 39.0 Å². The van der Waals surface area contributed by atoms with Gasteiger partial charge in [0.05, 0.1) is 5.52 Å². The van der Waals surface area contributed by atoms with Crippen molar-refractivity contribution in [3.05, 3.63) is 36.4 Å². The van der Waals surface area contributed by atoms with Crippen LogP contribution in [0.5, 0.6) is 0 Å². The Balaban J connectivity index is 2.03. The molecule has 0 radical (unpaired) electrons. The Morgan fingerprint density at radius 3 is 2.63 bits per heavy atom. The van der Waals surface area contributed by atoms with E-state index in [-0.39, 0.29) is 11.4 Å². The lowest BCUT2D eigenvalue weighted by Gasteiger charge is -2.18. The first-order chi connectivity index (χ1) is 8.94. The highest BCUT2D eigenvalue weighted by Gasteiger charge is 2.12. The molecule has 100 valence electrons. The first-order valence-electron chi connectivity index (χ1n) is 6.35. The monoisotopic (exact) mass is 257 g/mol. The summed E-state index contributed by atoms with van der Waals surface area (Å²) >= 11 is 0. The van der Waals surface area contributed by atoms with Crippen molar-refractivity contribution in [3.8, 4) is 0 Å². The molecule has 19 heavy (non-hydrogen) atoms. The van der Waals surface area contributed by atoms with Crippen molar-refractivity contribution in [2.45, 2.75) is 20.8 Å². The number of urea groups is 1. The number of carbonyl (C=O) groups excluding carboxylic acids is 1. The summed E-state index contributed by atoms with van der Waals surface area (Å²) in [5, 5.41) is 6.63. The van der Waals surface area contributed by atoms with Gasteiger partial charge in [-0.3, -0.25) is 5.32 Å². The van der Waals surface area contributed by atoms with Gasteiger partial charge in [0.1, 0.15) is 5.82 Å². The third-order valence-corrected chi connectivity index (χ3v) is 2.62. The van der Waals surface area contributed by atoms with Gasteiger partial charge in [-0.25, -0.2) is 9.78 Å². The summed E-state index contributed by atoms with van der Waals surface area (Å²) in [4.78, 5) is 16.1. The number of amides is 2. The van der Waals surface area contributed by atoms with Crippen molar-refractivity contribution in [1.29, 1.82) is 0 Å². The zero-order valence-corrected chi connectivity index (χ0v) is 11.5. The third kappa shape index (κ3) is 3.95. The van der Waals surface area contributed by atoms with E-state index < -0.39 is 0 Å². The molecule has 0 spiro atoms. The third-order valence-electron chi connectivity index (χ3n) is 2.62. The van der Waals surface area contributed by atoms with E-state index in [2.05, 4.69) is 36.4 Å². The molecule has 0 atom stereocenters. The number of fused-ring (bicyclic) bond motifs is 1. The SMILES string of the molecule is CC(C)(C)CNC(=O)Nc1ccc2ccccc2n1. The predicted molar refractivity (Wildman–Crippen MR) is 78.2 cm³/mol. The molecule has 1 aromatic heterocycles. The molecule has 1 aromatic carbocycles. The van der Waals surface area contributed by atoms with Crippen LogP contribution in [-0.4, -0.2) is 17.6 Å². The van der Waals surface area contributed by atoms with Crippen LogP contribution in [0.1, 0.15) is 20.8 Å². The maximum atomic E-state index is 11.7. The first-order valence-corrected chi connectivity index (χ1v) is 6.35. The fourth-order valence-corrected chi connectivity index (χ4v) is 1.64. The molecular weight excluding hydrogens is 238 g/mol. The minimum absolute atomic E-state index is 0.0636. The largest absolute Gasteiger partial charge is 0.337 e. The lowest BCUT2D eigenvalue weighted by atomic mass is 9.97. The van der Waals surface area contributed by atoms with E-state index in [1.54, 1.807) is 6.07 Å². The number of carbonyl (C=O) groups is 1. The minimum atomic E-state index is -0.224. The summed E-state index contributed by atoms with van der Waals surface area (Å²) in [6.45, 7) is 6.83. The fraction of sp³-hybridized carbons (Fsp3) is 0.333. The molecule has 4 nitrogen and oxygen atoms in total. The van der Waals surface area contributed by atoms with E-state index in [1.165, 1.54) is 0 Å². The Hall–Kier alpha value is -2.10. The van der Waals surface area contributed by atoms with Gasteiger partial charge in [0.25, 0.3) is 0 Å². The predicted octanol–water partition coefficient (Wildman–Crippen LogP) is 3.40. The zero-order valence-electron chi connectivity index (χ0n) is 11.5.